The van der Waals surface area contributed by atoms with E-state index in [9.17, 15) is 9.59 Å². The summed E-state index contributed by atoms with van der Waals surface area (Å²) in [4.78, 5) is 22.9. The minimum atomic E-state index is -1.03. The second-order valence-corrected chi connectivity index (χ2v) is 5.01. The molecule has 6 nitrogen and oxygen atoms in total. The van der Waals surface area contributed by atoms with Gasteiger partial charge in [-0.2, -0.15) is 5.10 Å². The molecular weight excluding hydrogens is 258 g/mol. The maximum Gasteiger partial charge on any atom is 0.326 e. The zero-order chi connectivity index (χ0) is 14.7. The summed E-state index contributed by atoms with van der Waals surface area (Å²) in [6.45, 7) is 3.51. The number of aliphatic carboxylic acids is 1. The van der Waals surface area contributed by atoms with Gasteiger partial charge < -0.3 is 10.4 Å². The van der Waals surface area contributed by atoms with Gasteiger partial charge in [0, 0.05) is 11.6 Å². The van der Waals surface area contributed by atoms with Gasteiger partial charge in [0.2, 0.25) is 5.91 Å². The van der Waals surface area contributed by atoms with Crippen molar-refractivity contribution in [3.63, 3.8) is 0 Å². The van der Waals surface area contributed by atoms with E-state index in [0.29, 0.717) is 0 Å². The van der Waals surface area contributed by atoms with Crippen molar-refractivity contribution in [2.75, 3.05) is 0 Å². The third-order valence-corrected chi connectivity index (χ3v) is 3.02. The number of hydrogen-bond acceptors (Lipinski definition) is 3. The summed E-state index contributed by atoms with van der Waals surface area (Å²) in [6, 6.07) is 6.66. The summed E-state index contributed by atoms with van der Waals surface area (Å²) in [7, 11) is 0. The number of amides is 1. The number of benzene rings is 1. The Bertz CT molecular complexity index is 600. The average molecular weight is 275 g/mol. The SMILES string of the molecule is CC(C)[C@H](NC(=O)Cn1cc2ccccc2n1)C(=O)O. The van der Waals surface area contributed by atoms with Crippen molar-refractivity contribution >= 4 is 22.8 Å². The standard InChI is InChI=1S/C14H17N3O3/c1-9(2)13(14(19)20)15-12(18)8-17-7-10-5-3-4-6-11(10)16-17/h3-7,9,13H,8H2,1-2H3,(H,15,18)(H,19,20)/t13-/m0/s1. The normalized spacial score (nSPS) is 12.6. The van der Waals surface area contributed by atoms with E-state index in [1.807, 2.05) is 24.3 Å². The lowest BCUT2D eigenvalue weighted by molar-refractivity contribution is -0.143. The third kappa shape index (κ3) is 3.14. The molecule has 106 valence electrons. The van der Waals surface area contributed by atoms with Crippen LogP contribution >= 0.6 is 0 Å². The van der Waals surface area contributed by atoms with Crippen LogP contribution in [0, 0.1) is 5.92 Å². The van der Waals surface area contributed by atoms with Crippen molar-refractivity contribution in [2.45, 2.75) is 26.4 Å². The maximum absolute atomic E-state index is 11.9. The van der Waals surface area contributed by atoms with Gasteiger partial charge in [-0.1, -0.05) is 32.0 Å². The predicted octanol–water partition coefficient (Wildman–Crippen LogP) is 1.26. The first-order valence-corrected chi connectivity index (χ1v) is 6.41. The van der Waals surface area contributed by atoms with Crippen LogP contribution in [0.2, 0.25) is 0 Å². The molecule has 0 aliphatic heterocycles. The second kappa shape index (κ2) is 5.73. The van der Waals surface area contributed by atoms with Gasteiger partial charge in [-0.05, 0) is 12.0 Å². The van der Waals surface area contributed by atoms with Crippen LogP contribution in [0.1, 0.15) is 13.8 Å². The molecule has 0 unspecified atom stereocenters. The molecule has 0 saturated carbocycles. The van der Waals surface area contributed by atoms with Crippen LogP contribution in [-0.2, 0) is 16.1 Å². The Hall–Kier alpha value is -2.37. The largest absolute Gasteiger partial charge is 0.480 e. The number of carbonyl (C=O) groups is 2. The zero-order valence-corrected chi connectivity index (χ0v) is 11.4. The molecule has 1 atom stereocenters. The Kier molecular flexibility index (Phi) is 4.02. The molecule has 2 rings (SSSR count). The number of nitrogens with one attached hydrogen (secondary N) is 1. The lowest BCUT2D eigenvalue weighted by Crippen LogP contribution is -2.45. The minimum Gasteiger partial charge on any atom is -0.480 e. The fourth-order valence-electron chi connectivity index (χ4n) is 1.98. The summed E-state index contributed by atoms with van der Waals surface area (Å²) in [5, 5.41) is 16.7. The number of carboxylic acids is 1. The zero-order valence-electron chi connectivity index (χ0n) is 11.4. The fourth-order valence-corrected chi connectivity index (χ4v) is 1.98. The first-order valence-electron chi connectivity index (χ1n) is 6.41. The van der Waals surface area contributed by atoms with Crippen LogP contribution in [0.25, 0.3) is 10.9 Å². The van der Waals surface area contributed by atoms with Gasteiger partial charge in [0.15, 0.2) is 0 Å². The second-order valence-electron chi connectivity index (χ2n) is 5.01. The van der Waals surface area contributed by atoms with Gasteiger partial charge in [0.1, 0.15) is 12.6 Å². The molecule has 2 N–H and O–H groups in total. The molecule has 1 aromatic carbocycles. The van der Waals surface area contributed by atoms with Gasteiger partial charge in [-0.15, -0.1) is 0 Å². The molecule has 1 amide bonds. The summed E-state index contributed by atoms with van der Waals surface area (Å²) < 4.78 is 1.51. The van der Waals surface area contributed by atoms with Crippen LogP contribution in [0.3, 0.4) is 0 Å². The predicted molar refractivity (Wildman–Crippen MR) is 74.1 cm³/mol. The number of rotatable bonds is 5. The first kappa shape index (κ1) is 14.0. The molecule has 1 aromatic heterocycles. The molecule has 0 aliphatic carbocycles. The highest BCUT2D eigenvalue weighted by Crippen LogP contribution is 2.10. The lowest BCUT2D eigenvalue weighted by atomic mass is 10.1. The van der Waals surface area contributed by atoms with E-state index in [0.717, 1.165) is 10.9 Å². The highest BCUT2D eigenvalue weighted by molar-refractivity contribution is 5.84. The monoisotopic (exact) mass is 275 g/mol. The summed E-state index contributed by atoms with van der Waals surface area (Å²) in [5.41, 5.74) is 0.805. The number of carbonyl (C=O) groups excluding carboxylic acids is 1. The van der Waals surface area contributed by atoms with Crippen molar-refractivity contribution < 1.29 is 14.7 Å². The molecule has 6 heteroatoms. The summed E-state index contributed by atoms with van der Waals surface area (Å²) >= 11 is 0. The van der Waals surface area contributed by atoms with E-state index in [1.54, 1.807) is 20.0 Å². The van der Waals surface area contributed by atoms with Crippen LogP contribution < -0.4 is 5.32 Å². The molecule has 0 spiro atoms. The van der Waals surface area contributed by atoms with Crippen molar-refractivity contribution in [3.8, 4) is 0 Å². The van der Waals surface area contributed by atoms with Gasteiger partial charge >= 0.3 is 5.97 Å². The Balaban J connectivity index is 2.05. The van der Waals surface area contributed by atoms with Crippen molar-refractivity contribution in [1.29, 1.82) is 0 Å². The van der Waals surface area contributed by atoms with E-state index >= 15 is 0 Å². The quantitative estimate of drug-likeness (QED) is 0.860. The van der Waals surface area contributed by atoms with Crippen LogP contribution in [0.4, 0.5) is 0 Å². The number of aromatic nitrogens is 2. The van der Waals surface area contributed by atoms with E-state index in [2.05, 4.69) is 10.4 Å². The molecule has 0 bridgehead atoms. The highest BCUT2D eigenvalue weighted by Gasteiger charge is 2.23. The molecule has 0 saturated heterocycles. The van der Waals surface area contributed by atoms with Gasteiger partial charge in [0.05, 0.1) is 5.52 Å². The molecular formula is C14H17N3O3. The van der Waals surface area contributed by atoms with E-state index in [-0.39, 0.29) is 18.4 Å². The van der Waals surface area contributed by atoms with Gasteiger partial charge in [-0.25, -0.2) is 4.79 Å². The van der Waals surface area contributed by atoms with Crippen molar-refractivity contribution in [3.05, 3.63) is 30.5 Å². The molecule has 2 aromatic rings. The Morgan fingerprint density at radius 1 is 1.35 bits per heavy atom. The smallest absolute Gasteiger partial charge is 0.326 e. The van der Waals surface area contributed by atoms with Crippen molar-refractivity contribution in [1.82, 2.24) is 15.1 Å². The topological polar surface area (TPSA) is 84.2 Å². The number of hydrogen-bond donors (Lipinski definition) is 2. The first-order chi connectivity index (χ1) is 9.47. The van der Waals surface area contributed by atoms with Crippen LogP contribution in [-0.4, -0.2) is 32.8 Å². The molecule has 0 aliphatic rings. The third-order valence-electron chi connectivity index (χ3n) is 3.02. The molecule has 0 radical (unpaired) electrons. The maximum atomic E-state index is 11.9. The number of fused-ring (bicyclic) bond motifs is 1. The van der Waals surface area contributed by atoms with Crippen LogP contribution in [0.5, 0.6) is 0 Å². The van der Waals surface area contributed by atoms with E-state index < -0.39 is 12.0 Å². The lowest BCUT2D eigenvalue weighted by Gasteiger charge is -2.17. The van der Waals surface area contributed by atoms with Gasteiger partial charge in [-0.3, -0.25) is 9.48 Å². The van der Waals surface area contributed by atoms with Crippen LogP contribution in [0.15, 0.2) is 30.5 Å². The molecule has 1 heterocycles. The summed E-state index contributed by atoms with van der Waals surface area (Å²) in [6.07, 6.45) is 1.76. The van der Waals surface area contributed by atoms with Crippen molar-refractivity contribution in [2.24, 2.45) is 5.92 Å². The number of carboxylic acid groups (broad SMARTS) is 1. The molecule has 0 fully saturated rings. The summed E-state index contributed by atoms with van der Waals surface area (Å²) in [5.74, 6) is -1.56. The Morgan fingerprint density at radius 3 is 2.65 bits per heavy atom. The average Bonchev–Trinajstić information content (AvgIpc) is 2.77. The van der Waals surface area contributed by atoms with E-state index in [4.69, 9.17) is 5.11 Å². The molecule has 20 heavy (non-hydrogen) atoms. The van der Waals surface area contributed by atoms with Gasteiger partial charge in [0.25, 0.3) is 0 Å². The Morgan fingerprint density at radius 2 is 2.05 bits per heavy atom. The Labute approximate surface area is 116 Å². The highest BCUT2D eigenvalue weighted by atomic mass is 16.4. The van der Waals surface area contributed by atoms with E-state index in [1.165, 1.54) is 4.68 Å². The fraction of sp³-hybridized carbons (Fsp3) is 0.357. The number of nitrogens with zero attached hydrogens (tertiary/aromatic N) is 2. The minimum absolute atomic E-state index is 0.00514.